The number of imide groups is 1. The van der Waals surface area contributed by atoms with Gasteiger partial charge in [0.2, 0.25) is 0 Å². The lowest BCUT2D eigenvalue weighted by Crippen LogP contribution is -2.32. The van der Waals surface area contributed by atoms with Gasteiger partial charge in [-0.3, -0.25) is 14.5 Å². The van der Waals surface area contributed by atoms with Crippen LogP contribution in [0, 0.1) is 12.7 Å². The molecule has 1 saturated heterocycles. The predicted molar refractivity (Wildman–Crippen MR) is 141 cm³/mol. The first kappa shape index (κ1) is 25.8. The van der Waals surface area contributed by atoms with E-state index in [-0.39, 0.29) is 24.2 Å². The third-order valence-electron chi connectivity index (χ3n) is 5.32. The summed E-state index contributed by atoms with van der Waals surface area (Å²) in [5.41, 5.74) is 2.87. The third kappa shape index (κ3) is 6.27. The van der Waals surface area contributed by atoms with Crippen molar-refractivity contribution in [1.29, 1.82) is 0 Å². The summed E-state index contributed by atoms with van der Waals surface area (Å²) in [5, 5.41) is -0.377. The molecule has 0 aliphatic carbocycles. The molecule has 1 aliphatic heterocycles. The van der Waals surface area contributed by atoms with Crippen LogP contribution in [0.15, 0.2) is 70.0 Å². The van der Waals surface area contributed by atoms with Crippen LogP contribution in [-0.2, 0) is 11.4 Å². The zero-order valence-electron chi connectivity index (χ0n) is 19.6. The molecule has 0 spiro atoms. The van der Waals surface area contributed by atoms with Crippen molar-refractivity contribution in [2.45, 2.75) is 13.5 Å². The minimum atomic E-state index is -0.400. The van der Waals surface area contributed by atoms with E-state index >= 15 is 0 Å². The van der Waals surface area contributed by atoms with Crippen molar-refractivity contribution in [3.05, 3.63) is 92.5 Å². The maximum absolute atomic E-state index is 13.0. The monoisotopic (exact) mass is 571 g/mol. The lowest BCUT2D eigenvalue weighted by Gasteiger charge is -2.14. The van der Waals surface area contributed by atoms with E-state index in [1.807, 2.05) is 31.2 Å². The number of amides is 2. The number of hydrogen-bond acceptors (Lipinski definition) is 6. The first-order valence-electron chi connectivity index (χ1n) is 11.0. The molecule has 186 valence electrons. The molecule has 0 atom stereocenters. The number of carbonyl (C=O) groups is 2. The fourth-order valence-electron chi connectivity index (χ4n) is 3.43. The van der Waals surface area contributed by atoms with E-state index < -0.39 is 5.91 Å². The van der Waals surface area contributed by atoms with E-state index in [0.29, 0.717) is 38.8 Å². The first-order valence-corrected chi connectivity index (χ1v) is 12.6. The molecular formula is C27H23BrFNO5S. The summed E-state index contributed by atoms with van der Waals surface area (Å²) < 4.78 is 30.7. The van der Waals surface area contributed by atoms with E-state index in [0.717, 1.165) is 22.2 Å². The summed E-state index contributed by atoms with van der Waals surface area (Å²) in [6.45, 7) is 2.58. The van der Waals surface area contributed by atoms with Crippen molar-refractivity contribution in [2.75, 3.05) is 20.3 Å². The average molecular weight is 572 g/mol. The van der Waals surface area contributed by atoms with Gasteiger partial charge in [0.15, 0.2) is 11.5 Å². The van der Waals surface area contributed by atoms with Gasteiger partial charge >= 0.3 is 0 Å². The second kappa shape index (κ2) is 11.6. The van der Waals surface area contributed by atoms with Gasteiger partial charge in [-0.1, -0.05) is 29.8 Å². The van der Waals surface area contributed by atoms with Crippen LogP contribution in [0.25, 0.3) is 6.08 Å². The van der Waals surface area contributed by atoms with E-state index in [4.69, 9.17) is 14.2 Å². The number of methoxy groups -OCH3 is 1. The Morgan fingerprint density at radius 3 is 2.44 bits per heavy atom. The highest BCUT2D eigenvalue weighted by Gasteiger charge is 2.35. The summed E-state index contributed by atoms with van der Waals surface area (Å²) in [6.07, 6.45) is 1.64. The summed E-state index contributed by atoms with van der Waals surface area (Å²) in [5.74, 6) is 0.728. The third-order valence-corrected chi connectivity index (χ3v) is 6.82. The number of thioether (sulfide) groups is 1. The molecule has 3 aromatic carbocycles. The number of nitrogens with zero attached hydrogens (tertiary/aromatic N) is 1. The Kier molecular flexibility index (Phi) is 8.32. The maximum Gasteiger partial charge on any atom is 0.293 e. The van der Waals surface area contributed by atoms with Gasteiger partial charge in [-0.05, 0) is 88.2 Å². The van der Waals surface area contributed by atoms with E-state index in [1.54, 1.807) is 25.3 Å². The van der Waals surface area contributed by atoms with E-state index in [1.165, 1.54) is 29.8 Å². The van der Waals surface area contributed by atoms with Crippen LogP contribution in [0.4, 0.5) is 9.18 Å². The fraction of sp³-hybridized carbons (Fsp3) is 0.185. The minimum Gasteiger partial charge on any atom is -0.493 e. The number of carbonyl (C=O) groups excluding carboxylic acids is 2. The molecule has 3 aromatic rings. The molecule has 1 fully saturated rings. The maximum atomic E-state index is 13.0. The molecule has 0 aromatic heterocycles. The molecule has 1 aliphatic rings. The second-order valence-electron chi connectivity index (χ2n) is 7.94. The van der Waals surface area contributed by atoms with Gasteiger partial charge in [0, 0.05) is 0 Å². The van der Waals surface area contributed by atoms with Gasteiger partial charge in [-0.25, -0.2) is 4.39 Å². The van der Waals surface area contributed by atoms with Gasteiger partial charge < -0.3 is 14.2 Å². The molecule has 9 heteroatoms. The lowest BCUT2D eigenvalue weighted by atomic mass is 10.1. The summed E-state index contributed by atoms with van der Waals surface area (Å²) in [4.78, 5) is 26.7. The molecule has 0 radical (unpaired) electrons. The minimum absolute atomic E-state index is 0.0815. The van der Waals surface area contributed by atoms with Crippen LogP contribution in [0.2, 0.25) is 0 Å². The quantitative estimate of drug-likeness (QED) is 0.269. The molecule has 0 bridgehead atoms. The van der Waals surface area contributed by atoms with Crippen LogP contribution in [0.1, 0.15) is 16.7 Å². The van der Waals surface area contributed by atoms with Gasteiger partial charge in [0.25, 0.3) is 11.1 Å². The van der Waals surface area contributed by atoms with Crippen LogP contribution >= 0.6 is 27.7 Å². The summed E-state index contributed by atoms with van der Waals surface area (Å²) in [6, 6.07) is 17.2. The van der Waals surface area contributed by atoms with Crippen LogP contribution in [-0.4, -0.2) is 36.3 Å². The van der Waals surface area contributed by atoms with Crippen molar-refractivity contribution < 1.29 is 28.2 Å². The normalized spacial score (nSPS) is 14.4. The van der Waals surface area contributed by atoms with Gasteiger partial charge in [0.1, 0.15) is 24.8 Å². The molecule has 1 heterocycles. The fourth-order valence-corrected chi connectivity index (χ4v) is 4.87. The zero-order valence-corrected chi connectivity index (χ0v) is 22.0. The first-order chi connectivity index (χ1) is 17.3. The number of ether oxygens (including phenoxy) is 3. The van der Waals surface area contributed by atoms with Gasteiger partial charge in [-0.2, -0.15) is 0 Å². The summed E-state index contributed by atoms with van der Waals surface area (Å²) in [7, 11) is 1.54. The van der Waals surface area contributed by atoms with Crippen LogP contribution in [0.5, 0.6) is 17.2 Å². The Morgan fingerprint density at radius 1 is 1.03 bits per heavy atom. The number of hydrogen-bond donors (Lipinski definition) is 0. The number of aryl methyl sites for hydroxylation is 1. The van der Waals surface area contributed by atoms with Crippen molar-refractivity contribution in [3.63, 3.8) is 0 Å². The van der Waals surface area contributed by atoms with Gasteiger partial charge in [0.05, 0.1) is 23.0 Å². The van der Waals surface area contributed by atoms with Crippen LogP contribution < -0.4 is 14.2 Å². The van der Waals surface area contributed by atoms with Crippen LogP contribution in [0.3, 0.4) is 0 Å². The largest absolute Gasteiger partial charge is 0.493 e. The SMILES string of the molecule is COc1cc(/C=C2\SC(=O)N(CCOc3ccc(F)cc3)C2=O)cc(Br)c1OCc1ccc(C)cc1. The molecule has 6 nitrogen and oxygen atoms in total. The number of halogens is 2. The molecule has 2 amide bonds. The molecule has 36 heavy (non-hydrogen) atoms. The Balaban J connectivity index is 1.43. The zero-order chi connectivity index (χ0) is 25.7. The molecule has 0 saturated carbocycles. The highest BCUT2D eigenvalue weighted by atomic mass is 79.9. The molecular weight excluding hydrogens is 549 g/mol. The number of rotatable bonds is 9. The van der Waals surface area contributed by atoms with Crippen molar-refractivity contribution in [3.8, 4) is 17.2 Å². The van der Waals surface area contributed by atoms with Crippen molar-refractivity contribution >= 4 is 44.9 Å². The Labute approximate surface area is 221 Å². The summed E-state index contributed by atoms with van der Waals surface area (Å²) >= 11 is 4.39. The van der Waals surface area contributed by atoms with Crippen molar-refractivity contribution in [2.24, 2.45) is 0 Å². The molecule has 0 unspecified atom stereocenters. The average Bonchev–Trinajstić information content (AvgIpc) is 3.12. The Hall–Kier alpha value is -3.30. The van der Waals surface area contributed by atoms with Gasteiger partial charge in [-0.15, -0.1) is 0 Å². The standard InChI is InChI=1S/C27H23BrFNO5S/c1-17-3-5-18(6-4-17)16-35-25-22(28)13-19(14-23(25)33-2)15-24-26(31)30(27(32)36-24)11-12-34-21-9-7-20(29)8-10-21/h3-10,13-15H,11-12,16H2,1-2H3/b24-15-. The predicted octanol–water partition coefficient (Wildman–Crippen LogP) is 6.60. The molecule has 4 rings (SSSR count). The number of benzene rings is 3. The molecule has 0 N–H and O–H groups in total. The van der Waals surface area contributed by atoms with Crippen molar-refractivity contribution in [1.82, 2.24) is 4.90 Å². The highest BCUT2D eigenvalue weighted by Crippen LogP contribution is 2.39. The lowest BCUT2D eigenvalue weighted by molar-refractivity contribution is -0.123. The second-order valence-corrected chi connectivity index (χ2v) is 9.79. The Bertz CT molecular complexity index is 1290. The smallest absolute Gasteiger partial charge is 0.293 e. The highest BCUT2D eigenvalue weighted by molar-refractivity contribution is 9.10. The topological polar surface area (TPSA) is 65.1 Å². The van der Waals surface area contributed by atoms with E-state index in [9.17, 15) is 14.0 Å². The van der Waals surface area contributed by atoms with E-state index in [2.05, 4.69) is 15.9 Å². The Morgan fingerprint density at radius 2 is 1.75 bits per heavy atom.